The average molecular weight is 312 g/mol. The molecule has 2 heterocycles. The molecule has 1 unspecified atom stereocenters. The van der Waals surface area contributed by atoms with Gasteiger partial charge in [0.1, 0.15) is 9.61 Å². The molecular weight excluding hydrogens is 298 g/mol. The summed E-state index contributed by atoms with van der Waals surface area (Å²) in [5, 5.41) is 4.54. The molecule has 0 fully saturated rings. The summed E-state index contributed by atoms with van der Waals surface area (Å²) in [6.07, 6.45) is 1.91. The van der Waals surface area contributed by atoms with Gasteiger partial charge in [0.15, 0.2) is 0 Å². The quantitative estimate of drug-likeness (QED) is 0.879. The monoisotopic (exact) mass is 311 g/mol. The largest absolute Gasteiger partial charge is 0.302 e. The zero-order chi connectivity index (χ0) is 12.3. The molecule has 0 aliphatic heterocycles. The Bertz CT molecular complexity index is 498. The Morgan fingerprint density at radius 2 is 2.29 bits per heavy atom. The van der Waals surface area contributed by atoms with Gasteiger partial charge in [0.2, 0.25) is 0 Å². The van der Waals surface area contributed by atoms with Crippen LogP contribution >= 0.6 is 27.3 Å². The van der Waals surface area contributed by atoms with Gasteiger partial charge in [0.05, 0.1) is 11.7 Å². The summed E-state index contributed by atoms with van der Waals surface area (Å²) >= 11 is 5.10. The zero-order valence-corrected chi connectivity index (χ0v) is 12.2. The van der Waals surface area contributed by atoms with Crippen LogP contribution in [0.3, 0.4) is 0 Å². The second-order valence-corrected chi connectivity index (χ2v) is 5.94. The standard InChI is InChI=1S/C12H14BrN3S/c1-8-6-15-12(17-8)9(2)14-7-10-4-3-5-11(13)16-10/h3-6,9,14H,7H2,1-2H3. The molecular formula is C12H14BrN3S. The van der Waals surface area contributed by atoms with Crippen LogP contribution < -0.4 is 5.32 Å². The van der Waals surface area contributed by atoms with Gasteiger partial charge in [-0.05, 0) is 41.9 Å². The first-order chi connectivity index (χ1) is 8.15. The highest BCUT2D eigenvalue weighted by atomic mass is 79.9. The molecule has 2 aromatic rings. The highest BCUT2D eigenvalue weighted by Gasteiger charge is 2.08. The third-order valence-electron chi connectivity index (χ3n) is 2.37. The zero-order valence-electron chi connectivity index (χ0n) is 9.77. The molecule has 0 amide bonds. The van der Waals surface area contributed by atoms with Gasteiger partial charge in [0, 0.05) is 17.6 Å². The van der Waals surface area contributed by atoms with Gasteiger partial charge in [-0.15, -0.1) is 11.3 Å². The molecule has 0 aliphatic carbocycles. The number of rotatable bonds is 4. The van der Waals surface area contributed by atoms with E-state index in [0.29, 0.717) is 0 Å². The van der Waals surface area contributed by atoms with Crippen molar-refractivity contribution in [1.82, 2.24) is 15.3 Å². The van der Waals surface area contributed by atoms with Crippen LogP contribution in [-0.2, 0) is 6.54 Å². The number of pyridine rings is 1. The first-order valence-corrected chi connectivity index (χ1v) is 7.03. The van der Waals surface area contributed by atoms with Crippen molar-refractivity contribution in [2.24, 2.45) is 0 Å². The van der Waals surface area contributed by atoms with E-state index in [0.717, 1.165) is 21.8 Å². The van der Waals surface area contributed by atoms with Crippen LogP contribution in [0.25, 0.3) is 0 Å². The molecule has 3 nitrogen and oxygen atoms in total. The fourth-order valence-electron chi connectivity index (χ4n) is 1.47. The predicted octanol–water partition coefficient (Wildman–Crippen LogP) is 3.46. The number of thiazole rings is 1. The maximum Gasteiger partial charge on any atom is 0.109 e. The molecule has 5 heteroatoms. The summed E-state index contributed by atoms with van der Waals surface area (Å²) in [7, 11) is 0. The van der Waals surface area contributed by atoms with E-state index in [1.165, 1.54) is 4.88 Å². The number of halogens is 1. The van der Waals surface area contributed by atoms with Crippen LogP contribution in [0.2, 0.25) is 0 Å². The first kappa shape index (κ1) is 12.7. The second-order valence-electron chi connectivity index (χ2n) is 3.86. The molecule has 2 aromatic heterocycles. The normalized spacial score (nSPS) is 12.6. The summed E-state index contributed by atoms with van der Waals surface area (Å²) in [6, 6.07) is 6.19. The number of aromatic nitrogens is 2. The van der Waals surface area contributed by atoms with Gasteiger partial charge in [-0.25, -0.2) is 9.97 Å². The third kappa shape index (κ3) is 3.59. The third-order valence-corrected chi connectivity index (χ3v) is 3.91. The summed E-state index contributed by atoms with van der Waals surface area (Å²) in [5.41, 5.74) is 1.03. The molecule has 0 radical (unpaired) electrons. The lowest BCUT2D eigenvalue weighted by Crippen LogP contribution is -2.18. The van der Waals surface area contributed by atoms with Crippen LogP contribution in [0.1, 0.15) is 28.5 Å². The minimum Gasteiger partial charge on any atom is -0.302 e. The van der Waals surface area contributed by atoms with Gasteiger partial charge in [-0.2, -0.15) is 0 Å². The first-order valence-electron chi connectivity index (χ1n) is 5.42. The molecule has 0 saturated carbocycles. The van der Waals surface area contributed by atoms with Crippen molar-refractivity contribution in [1.29, 1.82) is 0 Å². The van der Waals surface area contributed by atoms with Crippen molar-refractivity contribution >= 4 is 27.3 Å². The van der Waals surface area contributed by atoms with Crippen molar-refractivity contribution in [3.63, 3.8) is 0 Å². The lowest BCUT2D eigenvalue weighted by atomic mass is 10.3. The van der Waals surface area contributed by atoms with Crippen molar-refractivity contribution in [2.75, 3.05) is 0 Å². The Morgan fingerprint density at radius 3 is 2.94 bits per heavy atom. The van der Waals surface area contributed by atoms with Crippen LogP contribution in [-0.4, -0.2) is 9.97 Å². The lowest BCUT2D eigenvalue weighted by molar-refractivity contribution is 0.564. The number of aryl methyl sites for hydroxylation is 1. The predicted molar refractivity (Wildman–Crippen MR) is 74.0 cm³/mol. The van der Waals surface area contributed by atoms with Gasteiger partial charge in [-0.3, -0.25) is 0 Å². The van der Waals surface area contributed by atoms with E-state index in [2.05, 4.69) is 45.1 Å². The molecule has 17 heavy (non-hydrogen) atoms. The van der Waals surface area contributed by atoms with Gasteiger partial charge in [-0.1, -0.05) is 6.07 Å². The van der Waals surface area contributed by atoms with E-state index in [4.69, 9.17) is 0 Å². The minimum atomic E-state index is 0.259. The fourth-order valence-corrected chi connectivity index (χ4v) is 2.65. The molecule has 0 bridgehead atoms. The van der Waals surface area contributed by atoms with Crippen molar-refractivity contribution < 1.29 is 0 Å². The molecule has 1 N–H and O–H groups in total. The highest BCUT2D eigenvalue weighted by molar-refractivity contribution is 9.10. The van der Waals surface area contributed by atoms with Gasteiger partial charge in [0.25, 0.3) is 0 Å². The molecule has 0 spiro atoms. The van der Waals surface area contributed by atoms with E-state index in [9.17, 15) is 0 Å². The van der Waals surface area contributed by atoms with Crippen LogP contribution in [0.15, 0.2) is 29.0 Å². The van der Waals surface area contributed by atoms with Gasteiger partial charge < -0.3 is 5.32 Å². The summed E-state index contributed by atoms with van der Waals surface area (Å²) < 4.78 is 0.870. The summed E-state index contributed by atoms with van der Waals surface area (Å²) in [5.74, 6) is 0. The fraction of sp³-hybridized carbons (Fsp3) is 0.333. The van der Waals surface area contributed by atoms with E-state index < -0.39 is 0 Å². The number of nitrogens with zero attached hydrogens (tertiary/aromatic N) is 2. The Kier molecular flexibility index (Phi) is 4.25. The van der Waals surface area contributed by atoms with Crippen LogP contribution in [0.5, 0.6) is 0 Å². The lowest BCUT2D eigenvalue weighted by Gasteiger charge is -2.10. The maximum atomic E-state index is 4.38. The van der Waals surface area contributed by atoms with Crippen molar-refractivity contribution in [2.45, 2.75) is 26.4 Å². The Morgan fingerprint density at radius 1 is 1.47 bits per heavy atom. The number of hydrogen-bond donors (Lipinski definition) is 1. The Balaban J connectivity index is 1.94. The van der Waals surface area contributed by atoms with Crippen molar-refractivity contribution in [3.8, 4) is 0 Å². The van der Waals surface area contributed by atoms with E-state index in [1.807, 2.05) is 24.4 Å². The number of hydrogen-bond acceptors (Lipinski definition) is 4. The van der Waals surface area contributed by atoms with Crippen LogP contribution in [0, 0.1) is 6.92 Å². The van der Waals surface area contributed by atoms with E-state index >= 15 is 0 Å². The topological polar surface area (TPSA) is 37.8 Å². The molecule has 90 valence electrons. The Hall–Kier alpha value is -0.780. The smallest absolute Gasteiger partial charge is 0.109 e. The summed E-state index contributed by atoms with van der Waals surface area (Å²) in [4.78, 5) is 10.00. The van der Waals surface area contributed by atoms with Crippen molar-refractivity contribution in [3.05, 3.63) is 44.6 Å². The average Bonchev–Trinajstić information content (AvgIpc) is 2.73. The maximum absolute atomic E-state index is 4.38. The van der Waals surface area contributed by atoms with Gasteiger partial charge >= 0.3 is 0 Å². The molecule has 2 rings (SSSR count). The minimum absolute atomic E-state index is 0.259. The number of nitrogens with one attached hydrogen (secondary N) is 1. The SMILES string of the molecule is Cc1cnc(C(C)NCc2cccc(Br)n2)s1. The second kappa shape index (κ2) is 5.71. The molecule has 0 aliphatic rings. The molecule has 0 aromatic carbocycles. The van der Waals surface area contributed by atoms with E-state index in [1.54, 1.807) is 11.3 Å². The highest BCUT2D eigenvalue weighted by Crippen LogP contribution is 2.19. The van der Waals surface area contributed by atoms with E-state index in [-0.39, 0.29) is 6.04 Å². The molecule has 0 saturated heterocycles. The van der Waals surface area contributed by atoms with Crippen LogP contribution in [0.4, 0.5) is 0 Å². The molecule has 1 atom stereocenters. The summed E-state index contributed by atoms with van der Waals surface area (Å²) in [6.45, 7) is 4.94. The Labute approximate surface area is 113 Å².